The molecule has 0 saturated carbocycles. The van der Waals surface area contributed by atoms with E-state index in [-0.39, 0.29) is 23.6 Å². The Hall–Kier alpha value is -3.58. The lowest BCUT2D eigenvalue weighted by Crippen LogP contribution is -2.56. The molecule has 2 atom stereocenters. The van der Waals surface area contributed by atoms with Crippen LogP contribution >= 0.6 is 22.7 Å². The summed E-state index contributed by atoms with van der Waals surface area (Å²) in [6.45, 7) is 5.91. The Labute approximate surface area is 232 Å². The number of hydrogen-bond donors (Lipinski definition) is 1. The molecule has 39 heavy (non-hydrogen) atoms. The number of nitrogens with one attached hydrogen (secondary N) is 1. The van der Waals surface area contributed by atoms with Crippen molar-refractivity contribution in [1.82, 2.24) is 29.8 Å². The van der Waals surface area contributed by atoms with Gasteiger partial charge in [-0.2, -0.15) is 0 Å². The molecule has 1 unspecified atom stereocenters. The molecule has 202 valence electrons. The van der Waals surface area contributed by atoms with Gasteiger partial charge in [0.25, 0.3) is 11.8 Å². The molecule has 13 heteroatoms. The normalized spacial score (nSPS) is 19.0. The van der Waals surface area contributed by atoms with Crippen LogP contribution in [-0.4, -0.2) is 60.9 Å². The van der Waals surface area contributed by atoms with Crippen LogP contribution in [0.2, 0.25) is 0 Å². The summed E-state index contributed by atoms with van der Waals surface area (Å²) < 4.78 is 27.1. The van der Waals surface area contributed by atoms with Crippen LogP contribution in [0.1, 0.15) is 46.4 Å². The van der Waals surface area contributed by atoms with Crippen LogP contribution in [0.15, 0.2) is 36.1 Å². The Morgan fingerprint density at radius 1 is 1.05 bits per heavy atom. The van der Waals surface area contributed by atoms with Crippen molar-refractivity contribution >= 4 is 45.5 Å². The van der Waals surface area contributed by atoms with Gasteiger partial charge in [-0.25, -0.2) is 33.7 Å². The number of alkyl halides is 2. The van der Waals surface area contributed by atoms with Crippen molar-refractivity contribution in [2.24, 2.45) is 0 Å². The zero-order chi connectivity index (χ0) is 27.3. The van der Waals surface area contributed by atoms with Crippen molar-refractivity contribution < 1.29 is 13.6 Å². The molecule has 0 aromatic carbocycles. The molecule has 2 bridgehead atoms. The largest absolute Gasteiger partial charge is 0.337 e. The quantitative estimate of drug-likeness (QED) is 0.329. The maximum atomic E-state index is 13.5. The van der Waals surface area contributed by atoms with E-state index in [1.807, 2.05) is 29.0 Å². The Morgan fingerprint density at radius 2 is 1.77 bits per heavy atom. The zero-order valence-electron chi connectivity index (χ0n) is 21.6. The van der Waals surface area contributed by atoms with E-state index in [4.69, 9.17) is 0 Å². The third kappa shape index (κ3) is 5.08. The molecule has 4 aromatic heterocycles. The number of anilines is 3. The summed E-state index contributed by atoms with van der Waals surface area (Å²) in [6, 6.07) is 3.56. The minimum absolute atomic E-state index is 0.00230. The molecule has 1 amide bonds. The van der Waals surface area contributed by atoms with E-state index in [2.05, 4.69) is 30.2 Å². The fourth-order valence-corrected chi connectivity index (χ4v) is 6.83. The second-order valence-electron chi connectivity index (χ2n) is 9.90. The molecule has 2 aliphatic heterocycles. The van der Waals surface area contributed by atoms with E-state index in [0.29, 0.717) is 35.6 Å². The predicted octanol–water partition coefficient (Wildman–Crippen LogP) is 5.42. The molecule has 4 aromatic rings. The first-order valence-corrected chi connectivity index (χ1v) is 14.3. The first-order chi connectivity index (χ1) is 18.7. The smallest absolute Gasteiger partial charge is 0.273 e. The van der Waals surface area contributed by atoms with Gasteiger partial charge in [0.15, 0.2) is 5.13 Å². The average molecular weight is 569 g/mol. The van der Waals surface area contributed by atoms with E-state index in [1.165, 1.54) is 23.7 Å². The van der Waals surface area contributed by atoms with Crippen LogP contribution in [0.25, 0.3) is 10.6 Å². The number of amides is 1. The van der Waals surface area contributed by atoms with Gasteiger partial charge in [0.05, 0.1) is 44.5 Å². The van der Waals surface area contributed by atoms with Crippen LogP contribution in [-0.2, 0) is 5.92 Å². The van der Waals surface area contributed by atoms with E-state index in [1.54, 1.807) is 29.7 Å². The summed E-state index contributed by atoms with van der Waals surface area (Å²) >= 11 is 3.11. The zero-order valence-corrected chi connectivity index (χ0v) is 23.2. The number of aromatic nitrogens is 5. The molecule has 0 spiro atoms. The Morgan fingerprint density at radius 3 is 2.36 bits per heavy atom. The number of carbonyl (C=O) groups excluding carboxylic acids is 1. The number of thiazole rings is 2. The van der Waals surface area contributed by atoms with Crippen LogP contribution in [0.3, 0.4) is 0 Å². The standard InChI is InChI=1S/C26H26F2N8OS2/c1-14-22(39-15(2)32-14)20-13-38-25(33-20)34-21-7-4-16(8-29-21)23(37)36-18-5-6-19(36)12-35(11-18)24-30-9-17(10-31-24)26(3,27)28/h4,7-10,13,18-19H,5-6,11-12H2,1-3H3,(H,29,33,34)/t18-,19?/m0/s1. The Balaban J connectivity index is 1.11. The van der Waals surface area contributed by atoms with E-state index in [0.717, 1.165) is 41.0 Å². The molecule has 0 aliphatic carbocycles. The fraction of sp³-hybridized carbons (Fsp3) is 0.385. The minimum Gasteiger partial charge on any atom is -0.337 e. The van der Waals surface area contributed by atoms with Crippen LogP contribution in [0.4, 0.5) is 25.7 Å². The Bertz CT molecular complexity index is 1490. The number of fused-ring (bicyclic) bond motifs is 2. The van der Waals surface area contributed by atoms with Crippen LogP contribution < -0.4 is 10.2 Å². The number of rotatable bonds is 6. The highest BCUT2D eigenvalue weighted by molar-refractivity contribution is 7.16. The van der Waals surface area contributed by atoms with E-state index in [9.17, 15) is 13.6 Å². The van der Waals surface area contributed by atoms with E-state index >= 15 is 0 Å². The SMILES string of the molecule is Cc1nc(C)c(-c2csc(Nc3ccc(C(=O)N4C5CC[C@H]4CN(c4ncc(C(C)(F)F)cn4)C5)cn3)n2)s1. The van der Waals surface area contributed by atoms with Crippen molar-refractivity contribution in [3.05, 3.63) is 57.9 Å². The molecule has 0 radical (unpaired) electrons. The molecule has 2 fully saturated rings. The molecule has 6 rings (SSSR count). The van der Waals surface area contributed by atoms with Gasteiger partial charge in [-0.15, -0.1) is 22.7 Å². The maximum absolute atomic E-state index is 13.5. The number of carbonyl (C=O) groups is 1. The average Bonchev–Trinajstić information content (AvgIpc) is 3.58. The summed E-state index contributed by atoms with van der Waals surface area (Å²) in [5, 5.41) is 6.94. The fourth-order valence-electron chi connectivity index (χ4n) is 5.17. The highest BCUT2D eigenvalue weighted by Crippen LogP contribution is 2.35. The molecule has 2 saturated heterocycles. The number of pyridine rings is 1. The van der Waals surface area contributed by atoms with Crippen molar-refractivity contribution in [2.75, 3.05) is 23.3 Å². The monoisotopic (exact) mass is 568 g/mol. The van der Waals surface area contributed by atoms with Crippen molar-refractivity contribution in [3.8, 4) is 10.6 Å². The molecule has 2 aliphatic rings. The third-order valence-corrected chi connectivity index (χ3v) is 8.88. The molecule has 9 nitrogen and oxygen atoms in total. The topological polar surface area (TPSA) is 100 Å². The second kappa shape index (κ2) is 9.87. The maximum Gasteiger partial charge on any atom is 0.273 e. The van der Waals surface area contributed by atoms with Gasteiger partial charge in [0, 0.05) is 44.0 Å². The van der Waals surface area contributed by atoms with Crippen molar-refractivity contribution in [3.63, 3.8) is 0 Å². The molecule has 1 N–H and O–H groups in total. The molecular formula is C26H26F2N8OS2. The third-order valence-electron chi connectivity index (χ3n) is 7.03. The van der Waals surface area contributed by atoms with Gasteiger partial charge < -0.3 is 15.1 Å². The predicted molar refractivity (Wildman–Crippen MR) is 147 cm³/mol. The minimum atomic E-state index is -2.98. The number of halogens is 2. The summed E-state index contributed by atoms with van der Waals surface area (Å²) in [4.78, 5) is 40.4. The summed E-state index contributed by atoms with van der Waals surface area (Å²) in [7, 11) is 0. The van der Waals surface area contributed by atoms with Crippen molar-refractivity contribution in [1.29, 1.82) is 0 Å². The first-order valence-electron chi connectivity index (χ1n) is 12.6. The second-order valence-corrected chi connectivity index (χ2v) is 12.0. The summed E-state index contributed by atoms with van der Waals surface area (Å²) in [5.41, 5.74) is 2.16. The highest BCUT2D eigenvalue weighted by atomic mass is 32.1. The van der Waals surface area contributed by atoms with Gasteiger partial charge in [0.1, 0.15) is 5.82 Å². The van der Waals surface area contributed by atoms with Crippen LogP contribution in [0, 0.1) is 13.8 Å². The number of aryl methyl sites for hydroxylation is 2. The molecular weight excluding hydrogens is 542 g/mol. The van der Waals surface area contributed by atoms with Gasteiger partial charge >= 0.3 is 0 Å². The van der Waals surface area contributed by atoms with Crippen molar-refractivity contribution in [2.45, 2.75) is 51.6 Å². The van der Waals surface area contributed by atoms with E-state index < -0.39 is 5.92 Å². The van der Waals surface area contributed by atoms with Gasteiger partial charge in [-0.3, -0.25) is 4.79 Å². The number of hydrogen-bond acceptors (Lipinski definition) is 10. The van der Waals surface area contributed by atoms with Gasteiger partial charge in [-0.05, 0) is 38.8 Å². The summed E-state index contributed by atoms with van der Waals surface area (Å²) in [5.74, 6) is -2.02. The lowest BCUT2D eigenvalue weighted by molar-refractivity contribution is 0.0167. The molecule has 6 heterocycles. The lowest BCUT2D eigenvalue weighted by Gasteiger charge is -2.41. The van der Waals surface area contributed by atoms with Gasteiger partial charge in [0.2, 0.25) is 5.95 Å². The summed E-state index contributed by atoms with van der Waals surface area (Å²) in [6.07, 6.45) is 5.69. The van der Waals surface area contributed by atoms with Gasteiger partial charge in [-0.1, -0.05) is 0 Å². The van der Waals surface area contributed by atoms with Crippen LogP contribution in [0.5, 0.6) is 0 Å². The number of piperazine rings is 1. The highest BCUT2D eigenvalue weighted by Gasteiger charge is 2.43. The lowest BCUT2D eigenvalue weighted by atomic mass is 10.1. The Kier molecular flexibility index (Phi) is 6.50. The first kappa shape index (κ1) is 25.7. The number of nitrogens with zero attached hydrogens (tertiary/aromatic N) is 7.